The molecule has 4 rings (SSSR count). The maximum atomic E-state index is 12.5. The molecule has 148 valence electrons. The Balaban J connectivity index is 1.45. The van der Waals surface area contributed by atoms with Gasteiger partial charge in [0.1, 0.15) is 0 Å². The lowest BCUT2D eigenvalue weighted by Gasteiger charge is -2.10. The Morgan fingerprint density at radius 2 is 1.97 bits per heavy atom. The highest BCUT2D eigenvalue weighted by Gasteiger charge is 2.15. The Labute approximate surface area is 179 Å². The largest absolute Gasteiger partial charge is 0.346 e. The molecule has 0 unspecified atom stereocenters. The van der Waals surface area contributed by atoms with Crippen molar-refractivity contribution in [2.24, 2.45) is 0 Å². The van der Waals surface area contributed by atoms with Gasteiger partial charge in [0.25, 0.3) is 15.9 Å². The molecular weight excluding hydrogens is 476 g/mol. The first-order valence-corrected chi connectivity index (χ1v) is 11.6. The number of halogens is 1. The molecular formula is C19H15BrN4O3S2. The number of thiazole rings is 1. The van der Waals surface area contributed by atoms with Crippen molar-refractivity contribution >= 4 is 53.8 Å². The number of sulfonamides is 1. The number of nitrogens with zero attached hydrogens (tertiary/aromatic N) is 2. The van der Waals surface area contributed by atoms with Gasteiger partial charge in [0, 0.05) is 33.5 Å². The van der Waals surface area contributed by atoms with Crippen LogP contribution >= 0.6 is 27.3 Å². The van der Waals surface area contributed by atoms with E-state index in [9.17, 15) is 13.2 Å². The van der Waals surface area contributed by atoms with Crippen LogP contribution < -0.4 is 10.0 Å². The first-order valence-electron chi connectivity index (χ1n) is 8.48. The topological polar surface area (TPSA) is 92.6 Å². The van der Waals surface area contributed by atoms with E-state index in [2.05, 4.69) is 31.0 Å². The molecule has 0 aliphatic rings. The molecule has 0 fully saturated rings. The van der Waals surface area contributed by atoms with Crippen molar-refractivity contribution < 1.29 is 13.2 Å². The third kappa shape index (κ3) is 4.50. The molecule has 0 spiro atoms. The molecule has 0 aliphatic carbocycles. The highest BCUT2D eigenvalue weighted by atomic mass is 79.9. The number of imidazole rings is 1. The second-order valence-electron chi connectivity index (χ2n) is 6.15. The zero-order valence-corrected chi connectivity index (χ0v) is 18.1. The molecule has 0 bridgehead atoms. The molecule has 4 aromatic rings. The summed E-state index contributed by atoms with van der Waals surface area (Å²) in [5.41, 5.74) is 1.40. The normalized spacial score (nSPS) is 11.5. The van der Waals surface area contributed by atoms with Gasteiger partial charge in [0.05, 0.1) is 17.1 Å². The standard InChI is InChI=1S/C19H15BrN4O3S2/c20-14-4-6-17(7-5-14)29(26,27)23-15-3-1-2-13(10-15)18(25)21-11-16-12-24-8-9-28-19(24)22-16/h1-10,12,23H,11H2,(H,21,25). The highest BCUT2D eigenvalue weighted by Crippen LogP contribution is 2.19. The lowest BCUT2D eigenvalue weighted by Crippen LogP contribution is -2.23. The van der Waals surface area contributed by atoms with E-state index in [1.54, 1.807) is 30.3 Å². The van der Waals surface area contributed by atoms with Crippen LogP contribution in [0, 0.1) is 0 Å². The molecule has 1 amide bonds. The van der Waals surface area contributed by atoms with Crippen molar-refractivity contribution in [3.63, 3.8) is 0 Å². The van der Waals surface area contributed by atoms with Crippen molar-refractivity contribution in [3.8, 4) is 0 Å². The second kappa shape index (κ2) is 7.97. The van der Waals surface area contributed by atoms with Gasteiger partial charge in [-0.2, -0.15) is 0 Å². The first-order chi connectivity index (χ1) is 13.9. The molecule has 0 saturated heterocycles. The Kier molecular flexibility index (Phi) is 5.39. The van der Waals surface area contributed by atoms with Crippen molar-refractivity contribution in [1.29, 1.82) is 0 Å². The smallest absolute Gasteiger partial charge is 0.261 e. The number of anilines is 1. The number of carbonyl (C=O) groups is 1. The molecule has 2 heterocycles. The molecule has 7 nitrogen and oxygen atoms in total. The Morgan fingerprint density at radius 1 is 1.17 bits per heavy atom. The van der Waals surface area contributed by atoms with Crippen LogP contribution in [0.4, 0.5) is 5.69 Å². The van der Waals surface area contributed by atoms with E-state index in [-0.39, 0.29) is 17.3 Å². The lowest BCUT2D eigenvalue weighted by molar-refractivity contribution is 0.0950. The van der Waals surface area contributed by atoms with Crippen LogP contribution in [0.15, 0.2) is 75.7 Å². The molecule has 2 aromatic heterocycles. The third-order valence-electron chi connectivity index (χ3n) is 4.07. The average molecular weight is 491 g/mol. The summed E-state index contributed by atoms with van der Waals surface area (Å²) in [5.74, 6) is -0.314. The minimum absolute atomic E-state index is 0.135. The maximum Gasteiger partial charge on any atom is 0.261 e. The molecule has 29 heavy (non-hydrogen) atoms. The first kappa shape index (κ1) is 19.6. The zero-order chi connectivity index (χ0) is 20.4. The van der Waals surface area contributed by atoms with E-state index in [1.165, 1.54) is 29.5 Å². The summed E-state index contributed by atoms with van der Waals surface area (Å²) in [6, 6.07) is 12.6. The molecule has 2 N–H and O–H groups in total. The van der Waals surface area contributed by atoms with E-state index in [1.807, 2.05) is 22.2 Å². The minimum Gasteiger partial charge on any atom is -0.346 e. The van der Waals surface area contributed by atoms with Crippen molar-refractivity contribution in [3.05, 3.63) is 82.0 Å². The van der Waals surface area contributed by atoms with Gasteiger partial charge < -0.3 is 5.32 Å². The van der Waals surface area contributed by atoms with Gasteiger partial charge >= 0.3 is 0 Å². The molecule has 0 atom stereocenters. The zero-order valence-electron chi connectivity index (χ0n) is 14.9. The van der Waals surface area contributed by atoms with Gasteiger partial charge in [0.15, 0.2) is 4.96 Å². The van der Waals surface area contributed by atoms with Crippen LogP contribution in [-0.2, 0) is 16.6 Å². The van der Waals surface area contributed by atoms with E-state index >= 15 is 0 Å². The van der Waals surface area contributed by atoms with Gasteiger partial charge in [-0.25, -0.2) is 13.4 Å². The van der Waals surface area contributed by atoms with E-state index in [4.69, 9.17) is 0 Å². The van der Waals surface area contributed by atoms with Crippen molar-refractivity contribution in [2.75, 3.05) is 4.72 Å². The van der Waals surface area contributed by atoms with Crippen LogP contribution in [0.2, 0.25) is 0 Å². The van der Waals surface area contributed by atoms with E-state index in [0.717, 1.165) is 15.1 Å². The predicted molar refractivity (Wildman–Crippen MR) is 116 cm³/mol. The number of hydrogen-bond acceptors (Lipinski definition) is 5. The average Bonchev–Trinajstić information content (AvgIpc) is 3.28. The van der Waals surface area contributed by atoms with E-state index < -0.39 is 10.0 Å². The van der Waals surface area contributed by atoms with Crippen LogP contribution in [0.5, 0.6) is 0 Å². The van der Waals surface area contributed by atoms with Gasteiger partial charge in [-0.1, -0.05) is 22.0 Å². The summed E-state index contributed by atoms with van der Waals surface area (Å²) < 4.78 is 30.2. The fourth-order valence-corrected chi connectivity index (χ4v) is 4.72. The summed E-state index contributed by atoms with van der Waals surface area (Å²) in [5, 5.41) is 4.74. The van der Waals surface area contributed by atoms with Crippen LogP contribution in [0.25, 0.3) is 4.96 Å². The highest BCUT2D eigenvalue weighted by molar-refractivity contribution is 9.10. The fraction of sp³-hybridized carbons (Fsp3) is 0.0526. The number of nitrogens with one attached hydrogen (secondary N) is 2. The number of aromatic nitrogens is 2. The molecule has 0 saturated carbocycles. The van der Waals surface area contributed by atoms with Crippen LogP contribution in [0.3, 0.4) is 0 Å². The number of fused-ring (bicyclic) bond motifs is 1. The number of hydrogen-bond donors (Lipinski definition) is 2. The molecule has 0 aliphatic heterocycles. The SMILES string of the molecule is O=C(NCc1cn2ccsc2n1)c1cccc(NS(=O)(=O)c2ccc(Br)cc2)c1. The number of carbonyl (C=O) groups excluding carboxylic acids is 1. The van der Waals surface area contributed by atoms with Crippen molar-refractivity contribution in [1.82, 2.24) is 14.7 Å². The summed E-state index contributed by atoms with van der Waals surface area (Å²) in [6.07, 6.45) is 3.76. The van der Waals surface area contributed by atoms with Gasteiger partial charge in [0.2, 0.25) is 0 Å². The van der Waals surface area contributed by atoms with E-state index in [0.29, 0.717) is 11.3 Å². The summed E-state index contributed by atoms with van der Waals surface area (Å²) in [7, 11) is -3.75. The van der Waals surface area contributed by atoms with Gasteiger partial charge in [-0.05, 0) is 42.5 Å². The maximum absolute atomic E-state index is 12.5. The minimum atomic E-state index is -3.75. The number of amides is 1. The lowest BCUT2D eigenvalue weighted by atomic mass is 10.2. The number of benzene rings is 2. The fourth-order valence-electron chi connectivity index (χ4n) is 2.69. The third-order valence-corrected chi connectivity index (χ3v) is 6.77. The molecule has 10 heteroatoms. The second-order valence-corrected chi connectivity index (χ2v) is 9.62. The predicted octanol–water partition coefficient (Wildman–Crippen LogP) is 3.89. The summed E-state index contributed by atoms with van der Waals surface area (Å²) in [6.45, 7) is 0.280. The quantitative estimate of drug-likeness (QED) is 0.428. The number of rotatable bonds is 6. The van der Waals surface area contributed by atoms with Gasteiger partial charge in [-0.3, -0.25) is 13.9 Å². The summed E-state index contributed by atoms with van der Waals surface area (Å²) >= 11 is 4.79. The van der Waals surface area contributed by atoms with Crippen molar-refractivity contribution in [2.45, 2.75) is 11.4 Å². The van der Waals surface area contributed by atoms with Crippen LogP contribution in [-0.4, -0.2) is 23.7 Å². The Hall–Kier alpha value is -2.69. The monoisotopic (exact) mass is 490 g/mol. The molecule has 2 aromatic carbocycles. The summed E-state index contributed by atoms with van der Waals surface area (Å²) in [4.78, 5) is 17.9. The van der Waals surface area contributed by atoms with Crippen LogP contribution in [0.1, 0.15) is 16.1 Å². The molecule has 0 radical (unpaired) electrons. The van der Waals surface area contributed by atoms with Gasteiger partial charge in [-0.15, -0.1) is 11.3 Å². The Bertz CT molecular complexity index is 1250. The Morgan fingerprint density at radius 3 is 2.72 bits per heavy atom.